The first kappa shape index (κ1) is 22.8. The molecule has 3 amide bonds. The second-order valence-corrected chi connectivity index (χ2v) is 9.47. The van der Waals surface area contributed by atoms with E-state index >= 15 is 0 Å². The highest BCUT2D eigenvalue weighted by Crippen LogP contribution is 2.41. The molecule has 2 aromatic rings. The van der Waals surface area contributed by atoms with Gasteiger partial charge in [0.25, 0.3) is 11.6 Å². The van der Waals surface area contributed by atoms with Gasteiger partial charge in [-0.25, -0.2) is 4.79 Å². The summed E-state index contributed by atoms with van der Waals surface area (Å²) in [6, 6.07) is 9.99. The highest BCUT2D eigenvalue weighted by atomic mass is 79.9. The Morgan fingerprint density at radius 1 is 1.16 bits per heavy atom. The van der Waals surface area contributed by atoms with Crippen LogP contribution in [0.25, 0.3) is 0 Å². The van der Waals surface area contributed by atoms with Gasteiger partial charge < -0.3 is 20.6 Å². The SMILES string of the molecule is Cc1ccc(N2C(=O)Nc3ccc(Br)cc3[C@@]2(O)C(=O)NCCCN2CCCC2)cc1C. The van der Waals surface area contributed by atoms with Crippen molar-refractivity contribution < 1.29 is 14.7 Å². The molecule has 1 fully saturated rings. The van der Waals surface area contributed by atoms with Crippen molar-refractivity contribution in [3.05, 3.63) is 57.6 Å². The second kappa shape index (κ2) is 9.21. The van der Waals surface area contributed by atoms with Crippen LogP contribution < -0.4 is 15.5 Å². The Labute approximate surface area is 196 Å². The third-order valence-corrected chi connectivity index (χ3v) is 6.82. The average molecular weight is 501 g/mol. The van der Waals surface area contributed by atoms with E-state index in [2.05, 4.69) is 31.5 Å². The monoisotopic (exact) mass is 500 g/mol. The maximum absolute atomic E-state index is 13.5. The largest absolute Gasteiger partial charge is 0.359 e. The van der Waals surface area contributed by atoms with Crippen molar-refractivity contribution in [2.24, 2.45) is 0 Å². The fourth-order valence-corrected chi connectivity index (χ4v) is 4.74. The Bertz CT molecular complexity index is 1040. The maximum atomic E-state index is 13.5. The van der Waals surface area contributed by atoms with Crippen molar-refractivity contribution in [2.75, 3.05) is 36.4 Å². The van der Waals surface area contributed by atoms with Gasteiger partial charge in [-0.1, -0.05) is 22.0 Å². The Morgan fingerprint density at radius 2 is 1.91 bits per heavy atom. The van der Waals surface area contributed by atoms with Crippen LogP contribution in [0.15, 0.2) is 40.9 Å². The molecule has 2 heterocycles. The second-order valence-electron chi connectivity index (χ2n) is 8.55. The number of urea groups is 1. The lowest BCUT2D eigenvalue weighted by molar-refractivity contribution is -0.140. The Balaban J connectivity index is 1.65. The number of likely N-dealkylation sites (tertiary alicyclic amines) is 1. The van der Waals surface area contributed by atoms with Crippen LogP contribution in [0.3, 0.4) is 0 Å². The number of aliphatic hydroxyl groups is 1. The van der Waals surface area contributed by atoms with E-state index in [1.54, 1.807) is 24.3 Å². The van der Waals surface area contributed by atoms with Crippen LogP contribution >= 0.6 is 15.9 Å². The predicted octanol–water partition coefficient (Wildman–Crippen LogP) is 3.87. The lowest BCUT2D eigenvalue weighted by atomic mass is 9.94. The standard InChI is InChI=1S/C24H29BrN4O3/c1-16-6-8-19(14-17(16)2)29-23(31)27-21-9-7-18(25)15-20(21)24(29,32)22(30)26-10-5-13-28-11-3-4-12-28/h6-9,14-15,32H,3-5,10-13H2,1-2H3,(H,26,30)(H,27,31)/t24-/m1/s1. The minimum atomic E-state index is -2.18. The molecule has 0 unspecified atom stereocenters. The van der Waals surface area contributed by atoms with E-state index in [4.69, 9.17) is 0 Å². The van der Waals surface area contributed by atoms with Gasteiger partial charge in [-0.05, 0) is 94.2 Å². The number of rotatable bonds is 6. The molecule has 7 nitrogen and oxygen atoms in total. The van der Waals surface area contributed by atoms with Gasteiger partial charge in [0.2, 0.25) is 0 Å². The predicted molar refractivity (Wildman–Crippen MR) is 129 cm³/mol. The first-order valence-electron chi connectivity index (χ1n) is 11.0. The third-order valence-electron chi connectivity index (χ3n) is 6.33. The van der Waals surface area contributed by atoms with Crippen molar-refractivity contribution in [3.8, 4) is 0 Å². The van der Waals surface area contributed by atoms with E-state index < -0.39 is 17.7 Å². The molecule has 8 heteroatoms. The summed E-state index contributed by atoms with van der Waals surface area (Å²) in [6.07, 6.45) is 3.22. The summed E-state index contributed by atoms with van der Waals surface area (Å²) < 4.78 is 0.702. The molecule has 0 saturated carbocycles. The average Bonchev–Trinajstić information content (AvgIpc) is 3.28. The minimum absolute atomic E-state index is 0.321. The van der Waals surface area contributed by atoms with E-state index in [1.165, 1.54) is 12.8 Å². The highest BCUT2D eigenvalue weighted by molar-refractivity contribution is 9.10. The highest BCUT2D eigenvalue weighted by Gasteiger charge is 2.52. The van der Waals surface area contributed by atoms with Gasteiger partial charge in [0.1, 0.15) is 0 Å². The van der Waals surface area contributed by atoms with Crippen molar-refractivity contribution in [1.82, 2.24) is 10.2 Å². The molecule has 2 aliphatic heterocycles. The molecule has 3 N–H and O–H groups in total. The molecule has 0 spiro atoms. The number of halogens is 1. The molecule has 32 heavy (non-hydrogen) atoms. The number of aryl methyl sites for hydroxylation is 2. The molecule has 4 rings (SSSR count). The van der Waals surface area contributed by atoms with Crippen molar-refractivity contribution in [2.45, 2.75) is 38.8 Å². The molecule has 170 valence electrons. The molecule has 0 bridgehead atoms. The Hall–Kier alpha value is -2.42. The van der Waals surface area contributed by atoms with Crippen molar-refractivity contribution in [3.63, 3.8) is 0 Å². The Kier molecular flexibility index (Phi) is 6.55. The summed E-state index contributed by atoms with van der Waals surface area (Å²) >= 11 is 3.43. The van der Waals surface area contributed by atoms with E-state index in [1.807, 2.05) is 26.0 Å². The summed E-state index contributed by atoms with van der Waals surface area (Å²) in [5.41, 5.74) is 1.02. The lowest BCUT2D eigenvalue weighted by Crippen LogP contribution is -2.62. The number of hydrogen-bond acceptors (Lipinski definition) is 4. The van der Waals surface area contributed by atoms with Crippen LogP contribution in [0, 0.1) is 13.8 Å². The zero-order valence-electron chi connectivity index (χ0n) is 18.4. The summed E-state index contributed by atoms with van der Waals surface area (Å²) in [7, 11) is 0. The van der Waals surface area contributed by atoms with Gasteiger partial charge >= 0.3 is 6.03 Å². The summed E-state index contributed by atoms with van der Waals surface area (Å²) in [4.78, 5) is 30.1. The van der Waals surface area contributed by atoms with E-state index in [9.17, 15) is 14.7 Å². The number of carbonyl (C=O) groups is 2. The number of nitrogens with zero attached hydrogens (tertiary/aromatic N) is 2. The van der Waals surface area contributed by atoms with E-state index in [0.29, 0.717) is 28.0 Å². The molecular formula is C24H29BrN4O3. The number of fused-ring (bicyclic) bond motifs is 1. The number of carbonyl (C=O) groups excluding carboxylic acids is 2. The summed E-state index contributed by atoms with van der Waals surface area (Å²) in [5, 5.41) is 17.6. The summed E-state index contributed by atoms with van der Waals surface area (Å²) in [6.45, 7) is 7.43. The molecule has 0 radical (unpaired) electrons. The van der Waals surface area contributed by atoms with Gasteiger partial charge in [0.05, 0.1) is 5.69 Å². The third kappa shape index (κ3) is 4.27. The fourth-order valence-electron chi connectivity index (χ4n) is 4.38. The number of anilines is 2. The smallest absolute Gasteiger partial charge is 0.329 e. The molecule has 1 saturated heterocycles. The summed E-state index contributed by atoms with van der Waals surface area (Å²) in [5.74, 6) is -0.619. The molecular weight excluding hydrogens is 472 g/mol. The minimum Gasteiger partial charge on any atom is -0.359 e. The zero-order chi connectivity index (χ0) is 22.9. The van der Waals surface area contributed by atoms with E-state index in [0.717, 1.165) is 42.1 Å². The molecule has 0 aliphatic carbocycles. The van der Waals surface area contributed by atoms with Crippen molar-refractivity contribution in [1.29, 1.82) is 0 Å². The molecule has 2 aromatic carbocycles. The van der Waals surface area contributed by atoms with Crippen molar-refractivity contribution >= 4 is 39.2 Å². The number of hydrogen-bond donors (Lipinski definition) is 3. The lowest BCUT2D eigenvalue weighted by Gasteiger charge is -2.43. The molecule has 2 aliphatic rings. The van der Waals surface area contributed by atoms with Gasteiger partial charge in [-0.15, -0.1) is 0 Å². The van der Waals surface area contributed by atoms with Crippen LogP contribution in [0.2, 0.25) is 0 Å². The first-order chi connectivity index (χ1) is 15.3. The topological polar surface area (TPSA) is 84.9 Å². The van der Waals surface area contributed by atoms with Crippen LogP contribution in [0.5, 0.6) is 0 Å². The quantitative estimate of drug-likeness (QED) is 0.525. The zero-order valence-corrected chi connectivity index (χ0v) is 20.0. The first-order valence-corrected chi connectivity index (χ1v) is 11.8. The molecule has 1 atom stereocenters. The van der Waals surface area contributed by atoms with Crippen LogP contribution in [-0.2, 0) is 10.5 Å². The van der Waals surface area contributed by atoms with Gasteiger partial charge in [-0.2, -0.15) is 0 Å². The van der Waals surface area contributed by atoms with Gasteiger partial charge in [-0.3, -0.25) is 9.69 Å². The van der Waals surface area contributed by atoms with Crippen LogP contribution in [0.4, 0.5) is 16.2 Å². The van der Waals surface area contributed by atoms with Gasteiger partial charge in [0, 0.05) is 22.3 Å². The number of benzene rings is 2. The molecule has 0 aromatic heterocycles. The normalized spacial score (nSPS) is 20.8. The number of amides is 3. The van der Waals surface area contributed by atoms with Crippen LogP contribution in [-0.4, -0.2) is 48.1 Å². The maximum Gasteiger partial charge on any atom is 0.329 e. The van der Waals surface area contributed by atoms with E-state index in [-0.39, 0.29) is 0 Å². The van der Waals surface area contributed by atoms with Gasteiger partial charge in [0.15, 0.2) is 0 Å². The number of nitrogens with one attached hydrogen (secondary N) is 2. The fraction of sp³-hybridized carbons (Fsp3) is 0.417. The Morgan fingerprint density at radius 3 is 2.62 bits per heavy atom. The van der Waals surface area contributed by atoms with Crippen LogP contribution in [0.1, 0.15) is 36.0 Å².